The number of amides is 1. The molecule has 23 heavy (non-hydrogen) atoms. The summed E-state index contributed by atoms with van der Waals surface area (Å²) in [4.78, 5) is 30.2. The second kappa shape index (κ2) is 5.43. The van der Waals surface area contributed by atoms with Crippen molar-refractivity contribution in [1.29, 1.82) is 0 Å². The molecule has 0 saturated carbocycles. The molecular weight excluding hydrogens is 354 g/mol. The molecule has 118 valence electrons. The number of halogens is 1. The Balaban J connectivity index is 2.04. The number of nitrogens with zero attached hydrogens (tertiary/aromatic N) is 2. The van der Waals surface area contributed by atoms with Crippen molar-refractivity contribution >= 4 is 57.6 Å². The molecule has 0 radical (unpaired) electrons. The van der Waals surface area contributed by atoms with Crippen molar-refractivity contribution in [3.8, 4) is 0 Å². The van der Waals surface area contributed by atoms with Gasteiger partial charge in [-0.05, 0) is 43.3 Å². The molecule has 5 nitrogen and oxygen atoms in total. The van der Waals surface area contributed by atoms with Crippen molar-refractivity contribution in [3.63, 3.8) is 0 Å². The predicted octanol–water partition coefficient (Wildman–Crippen LogP) is 3.46. The third kappa shape index (κ3) is 2.31. The molecule has 0 bridgehead atoms. The van der Waals surface area contributed by atoms with Crippen LogP contribution in [0.15, 0.2) is 23.0 Å². The van der Waals surface area contributed by atoms with Crippen molar-refractivity contribution in [1.82, 2.24) is 14.3 Å². The summed E-state index contributed by atoms with van der Waals surface area (Å²) in [5.74, 6) is -0.0648. The van der Waals surface area contributed by atoms with Crippen LogP contribution in [0, 0.1) is 3.95 Å². The Labute approximate surface area is 145 Å². The summed E-state index contributed by atoms with van der Waals surface area (Å²) in [5, 5.41) is 0.941. The van der Waals surface area contributed by atoms with Gasteiger partial charge in [-0.3, -0.25) is 14.0 Å². The van der Waals surface area contributed by atoms with Gasteiger partial charge in [-0.15, -0.1) is 0 Å². The summed E-state index contributed by atoms with van der Waals surface area (Å²) in [6, 6.07) is 5.08. The highest BCUT2D eigenvalue weighted by Gasteiger charge is 2.24. The first-order valence-corrected chi connectivity index (χ1v) is 8.83. The Hall–Kier alpha value is -1.70. The van der Waals surface area contributed by atoms with Crippen molar-refractivity contribution < 1.29 is 4.79 Å². The molecule has 0 spiro atoms. The molecule has 1 aromatic carbocycles. The van der Waals surface area contributed by atoms with Crippen molar-refractivity contribution in [2.45, 2.75) is 12.8 Å². The van der Waals surface area contributed by atoms with Gasteiger partial charge in [0.1, 0.15) is 10.5 Å². The van der Waals surface area contributed by atoms with E-state index in [0.29, 0.717) is 30.4 Å². The number of rotatable bonds is 1. The smallest absolute Gasteiger partial charge is 0.267 e. The van der Waals surface area contributed by atoms with Crippen LogP contribution in [0.1, 0.15) is 22.5 Å². The fraction of sp³-hybridized carbons (Fsp3) is 0.267. The second-order valence-corrected chi connectivity index (χ2v) is 7.58. The Kier molecular flexibility index (Phi) is 3.51. The Bertz CT molecular complexity index is 1060. The first-order chi connectivity index (χ1) is 11.1. The molecule has 1 aliphatic rings. The minimum absolute atomic E-state index is 0.0648. The Morgan fingerprint density at radius 3 is 2.78 bits per heavy atom. The number of aromatic nitrogens is 2. The van der Waals surface area contributed by atoms with Crippen LogP contribution in [-0.4, -0.2) is 33.3 Å². The second-order valence-electron chi connectivity index (χ2n) is 5.50. The fourth-order valence-corrected chi connectivity index (χ4v) is 4.50. The molecular formula is C15H12ClN3O2S2. The van der Waals surface area contributed by atoms with Crippen molar-refractivity contribution in [3.05, 3.63) is 42.4 Å². The SMILES string of the molecule is O=C(c1sc(=S)n2c1[nH]c(=O)c1cc(Cl)ccc12)N1CCCC1. The van der Waals surface area contributed by atoms with Crippen LogP contribution in [0.25, 0.3) is 16.6 Å². The van der Waals surface area contributed by atoms with Gasteiger partial charge in [0.25, 0.3) is 11.5 Å². The van der Waals surface area contributed by atoms with Gasteiger partial charge in [0, 0.05) is 18.1 Å². The van der Waals surface area contributed by atoms with E-state index in [9.17, 15) is 9.59 Å². The molecule has 4 rings (SSSR count). The normalized spacial score (nSPS) is 14.9. The highest BCUT2D eigenvalue weighted by Crippen LogP contribution is 2.26. The molecule has 1 N–H and O–H groups in total. The maximum Gasteiger partial charge on any atom is 0.267 e. The molecule has 3 heterocycles. The average Bonchev–Trinajstić information content (AvgIpc) is 3.16. The van der Waals surface area contributed by atoms with Gasteiger partial charge in [0.15, 0.2) is 3.95 Å². The zero-order chi connectivity index (χ0) is 16.1. The number of H-pyrrole nitrogens is 1. The topological polar surface area (TPSA) is 57.6 Å². The largest absolute Gasteiger partial charge is 0.338 e. The Morgan fingerprint density at radius 2 is 2.04 bits per heavy atom. The number of nitrogens with one attached hydrogen (secondary N) is 1. The highest BCUT2D eigenvalue weighted by molar-refractivity contribution is 7.73. The number of benzene rings is 1. The monoisotopic (exact) mass is 365 g/mol. The van der Waals surface area contributed by atoms with Crippen LogP contribution in [0.2, 0.25) is 5.02 Å². The maximum absolute atomic E-state index is 12.7. The third-order valence-corrected chi connectivity index (χ3v) is 5.67. The molecule has 1 amide bonds. The van der Waals surface area contributed by atoms with Gasteiger partial charge in [-0.2, -0.15) is 0 Å². The molecule has 1 fully saturated rings. The number of hydrogen-bond donors (Lipinski definition) is 1. The minimum Gasteiger partial charge on any atom is -0.338 e. The molecule has 0 unspecified atom stereocenters. The molecule has 3 aromatic rings. The lowest BCUT2D eigenvalue weighted by atomic mass is 10.2. The number of carbonyl (C=O) groups excluding carboxylic acids is 1. The van der Waals surface area contributed by atoms with Gasteiger partial charge in [0.05, 0.1) is 10.9 Å². The van der Waals surface area contributed by atoms with Crippen LogP contribution in [0.3, 0.4) is 0 Å². The van der Waals surface area contributed by atoms with Crippen LogP contribution >= 0.6 is 35.2 Å². The number of aromatic amines is 1. The zero-order valence-electron chi connectivity index (χ0n) is 12.0. The quantitative estimate of drug-likeness (QED) is 0.672. The number of likely N-dealkylation sites (tertiary alicyclic amines) is 1. The number of hydrogen-bond acceptors (Lipinski definition) is 4. The average molecular weight is 366 g/mol. The zero-order valence-corrected chi connectivity index (χ0v) is 14.4. The van der Waals surface area contributed by atoms with Gasteiger partial charge in [-0.25, -0.2) is 0 Å². The summed E-state index contributed by atoms with van der Waals surface area (Å²) in [6.07, 6.45) is 2.03. The molecule has 0 aliphatic carbocycles. The van der Waals surface area contributed by atoms with Crippen molar-refractivity contribution in [2.24, 2.45) is 0 Å². The molecule has 2 aromatic heterocycles. The van der Waals surface area contributed by atoms with E-state index in [0.717, 1.165) is 25.9 Å². The van der Waals surface area contributed by atoms with Gasteiger partial charge >= 0.3 is 0 Å². The van der Waals surface area contributed by atoms with Crippen LogP contribution < -0.4 is 5.56 Å². The lowest BCUT2D eigenvalue weighted by molar-refractivity contribution is 0.0799. The summed E-state index contributed by atoms with van der Waals surface area (Å²) in [7, 11) is 0. The molecule has 8 heteroatoms. The van der Waals surface area contributed by atoms with Gasteiger partial charge < -0.3 is 9.88 Å². The van der Waals surface area contributed by atoms with E-state index in [1.165, 1.54) is 11.3 Å². The lowest BCUT2D eigenvalue weighted by Gasteiger charge is -2.13. The highest BCUT2D eigenvalue weighted by atomic mass is 35.5. The van der Waals surface area contributed by atoms with Crippen LogP contribution in [-0.2, 0) is 0 Å². The number of thiazole rings is 1. The summed E-state index contributed by atoms with van der Waals surface area (Å²) < 4.78 is 2.28. The summed E-state index contributed by atoms with van der Waals surface area (Å²) in [6.45, 7) is 1.51. The first-order valence-electron chi connectivity index (χ1n) is 7.22. The minimum atomic E-state index is -0.272. The van der Waals surface area contributed by atoms with E-state index >= 15 is 0 Å². The number of carbonyl (C=O) groups is 1. The van der Waals surface area contributed by atoms with E-state index < -0.39 is 0 Å². The third-order valence-electron chi connectivity index (χ3n) is 4.07. The van der Waals surface area contributed by atoms with E-state index in [-0.39, 0.29) is 11.5 Å². The van der Waals surface area contributed by atoms with Crippen molar-refractivity contribution in [2.75, 3.05) is 13.1 Å². The van der Waals surface area contributed by atoms with Crippen LogP contribution in [0.4, 0.5) is 0 Å². The van der Waals surface area contributed by atoms with Gasteiger partial charge in [-0.1, -0.05) is 22.9 Å². The van der Waals surface area contributed by atoms with E-state index in [4.69, 9.17) is 23.8 Å². The number of fused-ring (bicyclic) bond motifs is 3. The standard InChI is InChI=1S/C15H12ClN3O2S2/c16-8-3-4-10-9(7-8)13(20)17-12-11(23-15(22)19(10)12)14(21)18-5-1-2-6-18/h3-4,7H,1-2,5-6H2,(H,17,20). The maximum atomic E-state index is 12.7. The van der Waals surface area contributed by atoms with Crippen LogP contribution in [0.5, 0.6) is 0 Å². The Morgan fingerprint density at radius 1 is 1.30 bits per heavy atom. The summed E-state index contributed by atoms with van der Waals surface area (Å²) >= 11 is 12.6. The lowest BCUT2D eigenvalue weighted by Crippen LogP contribution is -2.27. The molecule has 0 atom stereocenters. The van der Waals surface area contributed by atoms with E-state index in [1.54, 1.807) is 22.6 Å². The molecule has 1 aliphatic heterocycles. The van der Waals surface area contributed by atoms with E-state index in [1.807, 2.05) is 4.90 Å². The molecule has 1 saturated heterocycles. The predicted molar refractivity (Wildman–Crippen MR) is 94.4 cm³/mol. The fourth-order valence-electron chi connectivity index (χ4n) is 2.97. The summed E-state index contributed by atoms with van der Waals surface area (Å²) in [5.41, 5.74) is 0.859. The van der Waals surface area contributed by atoms with E-state index in [2.05, 4.69) is 4.98 Å². The van der Waals surface area contributed by atoms with Gasteiger partial charge in [0.2, 0.25) is 0 Å². The first kappa shape index (κ1) is 14.9.